The molecule has 1 saturated heterocycles. The molecule has 9 heteroatoms. The Balaban J connectivity index is 1.30. The molecule has 0 amide bonds. The number of imidazole rings is 1. The Bertz CT molecular complexity index is 1290. The summed E-state index contributed by atoms with van der Waals surface area (Å²) in [7, 11) is 0. The van der Waals surface area contributed by atoms with Crippen LogP contribution in [0.25, 0.3) is 22.1 Å². The van der Waals surface area contributed by atoms with E-state index >= 15 is 0 Å². The minimum absolute atomic E-state index is 0.449. The highest BCUT2D eigenvalue weighted by Gasteiger charge is 2.21. The molecule has 1 aliphatic heterocycles. The van der Waals surface area contributed by atoms with Gasteiger partial charge in [-0.25, -0.2) is 4.98 Å². The van der Waals surface area contributed by atoms with E-state index < -0.39 is 0 Å². The Labute approximate surface area is 204 Å². The minimum Gasteiger partial charge on any atom is -0.379 e. The van der Waals surface area contributed by atoms with E-state index in [0.29, 0.717) is 12.0 Å². The lowest BCUT2D eigenvalue weighted by molar-refractivity contribution is 0.0398. The standard InChI is InChI=1S/C26H32N8O/c1-2-6-21(7-3-1)34-18-29-23-24(28-11-12-33-13-15-35-16-14-33)31-26(32-25(23)34)30-20-8-9-22-19(17-20)5-4-10-27-22/h4-5,8-10,17-18,21H,1-3,6-7,11-16H2,(H2,28,30,31,32). The van der Waals surface area contributed by atoms with Crippen LogP contribution in [0.5, 0.6) is 0 Å². The molecule has 4 aromatic rings. The number of nitrogens with zero attached hydrogens (tertiary/aromatic N) is 6. The van der Waals surface area contributed by atoms with Crippen LogP contribution in [0, 0.1) is 0 Å². The monoisotopic (exact) mass is 472 g/mol. The van der Waals surface area contributed by atoms with Gasteiger partial charge in [0.25, 0.3) is 0 Å². The third-order valence-corrected chi connectivity index (χ3v) is 7.07. The van der Waals surface area contributed by atoms with Crippen LogP contribution in [0.1, 0.15) is 38.1 Å². The number of ether oxygens (including phenoxy) is 1. The average molecular weight is 473 g/mol. The summed E-state index contributed by atoms with van der Waals surface area (Å²) in [6, 6.07) is 10.6. The Morgan fingerprint density at radius 2 is 1.89 bits per heavy atom. The summed E-state index contributed by atoms with van der Waals surface area (Å²) in [6.45, 7) is 5.29. The molecule has 1 aliphatic carbocycles. The van der Waals surface area contributed by atoms with Crippen molar-refractivity contribution in [2.45, 2.75) is 38.1 Å². The fraction of sp³-hybridized carbons (Fsp3) is 0.462. The summed E-state index contributed by atoms with van der Waals surface area (Å²) >= 11 is 0. The smallest absolute Gasteiger partial charge is 0.231 e. The van der Waals surface area contributed by atoms with Crippen molar-refractivity contribution < 1.29 is 4.74 Å². The molecule has 6 rings (SSSR count). The highest BCUT2D eigenvalue weighted by atomic mass is 16.5. The lowest BCUT2D eigenvalue weighted by atomic mass is 9.95. The number of pyridine rings is 1. The fourth-order valence-corrected chi connectivity index (χ4v) is 5.16. The van der Waals surface area contributed by atoms with Crippen molar-refractivity contribution in [2.24, 2.45) is 0 Å². The maximum Gasteiger partial charge on any atom is 0.231 e. The second-order valence-electron chi connectivity index (χ2n) is 9.43. The molecule has 35 heavy (non-hydrogen) atoms. The van der Waals surface area contributed by atoms with Gasteiger partial charge < -0.3 is 19.9 Å². The first-order valence-electron chi connectivity index (χ1n) is 12.7. The van der Waals surface area contributed by atoms with Gasteiger partial charge in [0.2, 0.25) is 5.95 Å². The molecule has 1 saturated carbocycles. The quantitative estimate of drug-likeness (QED) is 0.410. The van der Waals surface area contributed by atoms with Gasteiger partial charge in [-0.1, -0.05) is 25.3 Å². The van der Waals surface area contributed by atoms with E-state index in [9.17, 15) is 0 Å². The molecule has 4 heterocycles. The zero-order valence-electron chi connectivity index (χ0n) is 20.0. The van der Waals surface area contributed by atoms with Gasteiger partial charge in [0, 0.05) is 49.5 Å². The fourth-order valence-electron chi connectivity index (χ4n) is 5.16. The maximum absolute atomic E-state index is 5.47. The van der Waals surface area contributed by atoms with Gasteiger partial charge in [-0.15, -0.1) is 0 Å². The number of benzene rings is 1. The number of fused-ring (bicyclic) bond motifs is 2. The molecular formula is C26H32N8O. The zero-order valence-corrected chi connectivity index (χ0v) is 20.0. The highest BCUT2D eigenvalue weighted by molar-refractivity contribution is 5.86. The van der Waals surface area contributed by atoms with E-state index in [1.807, 2.05) is 30.7 Å². The topological polar surface area (TPSA) is 93.0 Å². The van der Waals surface area contributed by atoms with E-state index in [4.69, 9.17) is 19.7 Å². The van der Waals surface area contributed by atoms with Gasteiger partial charge in [-0.3, -0.25) is 9.88 Å². The molecule has 0 unspecified atom stereocenters. The lowest BCUT2D eigenvalue weighted by Gasteiger charge is -2.26. The second kappa shape index (κ2) is 10.1. The van der Waals surface area contributed by atoms with Crippen LogP contribution < -0.4 is 10.6 Å². The van der Waals surface area contributed by atoms with E-state index in [1.54, 1.807) is 0 Å². The number of nitrogens with one attached hydrogen (secondary N) is 2. The predicted molar refractivity (Wildman–Crippen MR) is 138 cm³/mol. The first-order valence-corrected chi connectivity index (χ1v) is 12.7. The van der Waals surface area contributed by atoms with Gasteiger partial charge in [-0.05, 0) is 37.1 Å². The molecule has 0 radical (unpaired) electrons. The summed E-state index contributed by atoms with van der Waals surface area (Å²) in [6.07, 6.45) is 9.95. The van der Waals surface area contributed by atoms with Gasteiger partial charge in [0.05, 0.1) is 25.1 Å². The summed E-state index contributed by atoms with van der Waals surface area (Å²) in [5.41, 5.74) is 3.64. The predicted octanol–water partition coefficient (Wildman–Crippen LogP) is 4.37. The van der Waals surface area contributed by atoms with Crippen molar-refractivity contribution in [1.82, 2.24) is 29.4 Å². The number of hydrogen-bond acceptors (Lipinski definition) is 8. The minimum atomic E-state index is 0.449. The summed E-state index contributed by atoms with van der Waals surface area (Å²) in [4.78, 5) is 21.4. The summed E-state index contributed by atoms with van der Waals surface area (Å²) in [5, 5.41) is 8.06. The van der Waals surface area contributed by atoms with Crippen LogP contribution in [0.4, 0.5) is 17.5 Å². The van der Waals surface area contributed by atoms with Gasteiger partial charge in [-0.2, -0.15) is 9.97 Å². The first kappa shape index (κ1) is 22.2. The number of rotatable bonds is 7. The van der Waals surface area contributed by atoms with Crippen molar-refractivity contribution in [3.63, 3.8) is 0 Å². The largest absolute Gasteiger partial charge is 0.379 e. The Hall–Kier alpha value is -3.30. The molecule has 0 bridgehead atoms. The Kier molecular flexibility index (Phi) is 6.42. The van der Waals surface area contributed by atoms with Crippen molar-refractivity contribution in [2.75, 3.05) is 50.0 Å². The van der Waals surface area contributed by atoms with E-state index in [1.165, 1.54) is 32.1 Å². The number of morpholine rings is 1. The molecule has 9 nitrogen and oxygen atoms in total. The van der Waals surface area contributed by atoms with E-state index in [2.05, 4.69) is 37.2 Å². The number of anilines is 3. The molecular weight excluding hydrogens is 440 g/mol. The normalized spacial score (nSPS) is 17.7. The van der Waals surface area contributed by atoms with Crippen molar-refractivity contribution >= 4 is 39.5 Å². The van der Waals surface area contributed by atoms with Crippen molar-refractivity contribution in [3.05, 3.63) is 42.9 Å². The molecule has 0 spiro atoms. The Morgan fingerprint density at radius 1 is 1.00 bits per heavy atom. The molecule has 2 aliphatic rings. The number of aromatic nitrogens is 5. The highest BCUT2D eigenvalue weighted by Crippen LogP contribution is 2.32. The number of hydrogen-bond donors (Lipinski definition) is 2. The average Bonchev–Trinajstić information content (AvgIpc) is 3.34. The maximum atomic E-state index is 5.47. The van der Waals surface area contributed by atoms with Gasteiger partial charge >= 0.3 is 0 Å². The molecule has 2 fully saturated rings. The molecule has 3 aromatic heterocycles. The molecule has 1 aromatic carbocycles. The van der Waals surface area contributed by atoms with Crippen molar-refractivity contribution in [3.8, 4) is 0 Å². The molecule has 182 valence electrons. The van der Waals surface area contributed by atoms with Crippen LogP contribution >= 0.6 is 0 Å². The van der Waals surface area contributed by atoms with Crippen LogP contribution in [0.15, 0.2) is 42.9 Å². The second-order valence-corrected chi connectivity index (χ2v) is 9.43. The summed E-state index contributed by atoms with van der Waals surface area (Å²) in [5.74, 6) is 1.36. The van der Waals surface area contributed by atoms with Crippen LogP contribution in [0.3, 0.4) is 0 Å². The third-order valence-electron chi connectivity index (χ3n) is 7.07. The van der Waals surface area contributed by atoms with E-state index in [0.717, 1.165) is 73.0 Å². The lowest BCUT2D eigenvalue weighted by Crippen LogP contribution is -2.39. The molecule has 0 atom stereocenters. The van der Waals surface area contributed by atoms with Crippen LogP contribution in [-0.4, -0.2) is 68.8 Å². The Morgan fingerprint density at radius 3 is 2.77 bits per heavy atom. The van der Waals surface area contributed by atoms with Crippen molar-refractivity contribution in [1.29, 1.82) is 0 Å². The summed E-state index contributed by atoms with van der Waals surface area (Å²) < 4.78 is 7.74. The van der Waals surface area contributed by atoms with Gasteiger partial charge in [0.1, 0.15) is 0 Å². The SMILES string of the molecule is c1cnc2ccc(Nc3nc(NCCN4CCOCC4)c4ncn(C5CCCCC5)c4n3)cc2c1. The zero-order chi connectivity index (χ0) is 23.5. The van der Waals surface area contributed by atoms with Crippen LogP contribution in [0.2, 0.25) is 0 Å². The van der Waals surface area contributed by atoms with Gasteiger partial charge in [0.15, 0.2) is 17.0 Å². The van der Waals surface area contributed by atoms with E-state index in [-0.39, 0.29) is 0 Å². The molecule has 2 N–H and O–H groups in total. The van der Waals surface area contributed by atoms with Crippen LogP contribution in [-0.2, 0) is 4.74 Å². The first-order chi connectivity index (χ1) is 17.3. The third kappa shape index (κ3) is 4.92.